The fourth-order valence-electron chi connectivity index (χ4n) is 1.74. The van der Waals surface area contributed by atoms with Crippen molar-refractivity contribution in [3.8, 4) is 5.75 Å². The van der Waals surface area contributed by atoms with Gasteiger partial charge in [-0.15, -0.1) is 0 Å². The number of nitro groups is 1. The number of nitrogens with zero attached hydrogens (tertiary/aromatic N) is 1. The Balaban J connectivity index is 2.27. The summed E-state index contributed by atoms with van der Waals surface area (Å²) < 4.78 is 18.6. The Hall–Kier alpha value is -2.14. The van der Waals surface area contributed by atoms with Gasteiger partial charge in [0.05, 0.1) is 15.5 Å². The molecule has 0 heterocycles. The van der Waals surface area contributed by atoms with Crippen LogP contribution in [0.4, 0.5) is 10.1 Å². The zero-order valence-corrected chi connectivity index (χ0v) is 11.4. The highest BCUT2D eigenvalue weighted by Crippen LogP contribution is 2.28. The molecular weight excluding hydrogens is 285 g/mol. The maximum atomic E-state index is 13.1. The summed E-state index contributed by atoms with van der Waals surface area (Å²) in [6, 6.07) is 8.52. The SMILES string of the molecule is Cc1ccc(F)cc1OCc1c(Cl)cccc1[N+](=O)[O-]. The first-order chi connectivity index (χ1) is 9.49. The smallest absolute Gasteiger partial charge is 0.277 e. The van der Waals surface area contributed by atoms with Gasteiger partial charge in [-0.25, -0.2) is 4.39 Å². The minimum absolute atomic E-state index is 0.0969. The van der Waals surface area contributed by atoms with Gasteiger partial charge in [0.2, 0.25) is 0 Å². The van der Waals surface area contributed by atoms with Gasteiger partial charge in [0.25, 0.3) is 5.69 Å². The molecule has 6 heteroatoms. The van der Waals surface area contributed by atoms with Crippen molar-refractivity contribution in [3.63, 3.8) is 0 Å². The van der Waals surface area contributed by atoms with Gasteiger partial charge in [-0.1, -0.05) is 23.7 Å². The van der Waals surface area contributed by atoms with Crippen molar-refractivity contribution in [3.05, 3.63) is 68.5 Å². The van der Waals surface area contributed by atoms with Gasteiger partial charge in [-0.2, -0.15) is 0 Å². The summed E-state index contributed by atoms with van der Waals surface area (Å²) in [6.45, 7) is 1.66. The molecule has 104 valence electrons. The number of hydrogen-bond donors (Lipinski definition) is 0. The van der Waals surface area contributed by atoms with Gasteiger partial charge in [-0.3, -0.25) is 10.1 Å². The molecule has 0 aromatic heterocycles. The standard InChI is InChI=1S/C14H11ClFNO3/c1-9-5-6-10(16)7-14(9)20-8-11-12(15)3-2-4-13(11)17(18)19/h2-7H,8H2,1H3. The van der Waals surface area contributed by atoms with Gasteiger partial charge in [0, 0.05) is 12.1 Å². The van der Waals surface area contributed by atoms with Crippen molar-refractivity contribution in [2.75, 3.05) is 0 Å². The van der Waals surface area contributed by atoms with Gasteiger partial charge in [-0.05, 0) is 24.6 Å². The second-order valence-electron chi connectivity index (χ2n) is 4.19. The number of halogens is 2. The van der Waals surface area contributed by atoms with Crippen LogP contribution in [0.15, 0.2) is 36.4 Å². The monoisotopic (exact) mass is 295 g/mol. The van der Waals surface area contributed by atoms with E-state index in [1.807, 2.05) is 0 Å². The van der Waals surface area contributed by atoms with Crippen LogP contribution >= 0.6 is 11.6 Å². The number of aryl methyl sites for hydroxylation is 1. The first-order valence-corrected chi connectivity index (χ1v) is 6.17. The van der Waals surface area contributed by atoms with Gasteiger partial charge >= 0.3 is 0 Å². The molecule has 0 spiro atoms. The second kappa shape index (κ2) is 5.88. The second-order valence-corrected chi connectivity index (χ2v) is 4.60. The summed E-state index contributed by atoms with van der Waals surface area (Å²) in [4.78, 5) is 10.4. The van der Waals surface area contributed by atoms with Crippen LogP contribution in [0, 0.1) is 22.9 Å². The molecule has 0 aliphatic carbocycles. The summed E-state index contributed by atoms with van der Waals surface area (Å²) in [5, 5.41) is 11.2. The Morgan fingerprint density at radius 2 is 2.10 bits per heavy atom. The highest BCUT2D eigenvalue weighted by atomic mass is 35.5. The van der Waals surface area contributed by atoms with Crippen molar-refractivity contribution >= 4 is 17.3 Å². The van der Waals surface area contributed by atoms with E-state index in [-0.39, 0.29) is 22.9 Å². The van der Waals surface area contributed by atoms with Gasteiger partial charge < -0.3 is 4.74 Å². The van der Waals surface area contributed by atoms with E-state index < -0.39 is 10.7 Å². The predicted molar refractivity (Wildman–Crippen MR) is 73.6 cm³/mol. The molecular formula is C14H11ClFNO3. The molecule has 2 rings (SSSR count). The van der Waals surface area contributed by atoms with E-state index in [1.54, 1.807) is 19.1 Å². The summed E-state index contributed by atoms with van der Waals surface area (Å²) in [6.07, 6.45) is 0. The average molecular weight is 296 g/mol. The summed E-state index contributed by atoms with van der Waals surface area (Å²) in [5.41, 5.74) is 0.885. The molecule has 0 saturated carbocycles. The third-order valence-corrected chi connectivity index (χ3v) is 3.17. The maximum absolute atomic E-state index is 13.1. The largest absolute Gasteiger partial charge is 0.488 e. The average Bonchev–Trinajstić information content (AvgIpc) is 2.40. The Bertz CT molecular complexity index is 661. The third kappa shape index (κ3) is 3.05. The van der Waals surface area contributed by atoms with Crippen molar-refractivity contribution in [2.24, 2.45) is 0 Å². The summed E-state index contributed by atoms with van der Waals surface area (Å²) >= 11 is 5.95. The molecule has 0 bridgehead atoms. The summed E-state index contributed by atoms with van der Waals surface area (Å²) in [5.74, 6) is -0.0986. The van der Waals surface area contributed by atoms with Crippen LogP contribution in [-0.4, -0.2) is 4.92 Å². The molecule has 2 aromatic carbocycles. The van der Waals surface area contributed by atoms with Crippen LogP contribution in [0.1, 0.15) is 11.1 Å². The lowest BCUT2D eigenvalue weighted by atomic mass is 10.2. The van der Waals surface area contributed by atoms with E-state index >= 15 is 0 Å². The van der Waals surface area contributed by atoms with Crippen LogP contribution in [0.2, 0.25) is 5.02 Å². The first kappa shape index (κ1) is 14.3. The quantitative estimate of drug-likeness (QED) is 0.625. The zero-order valence-electron chi connectivity index (χ0n) is 10.6. The fraction of sp³-hybridized carbons (Fsp3) is 0.143. The van der Waals surface area contributed by atoms with Crippen LogP contribution in [-0.2, 0) is 6.61 Å². The molecule has 0 N–H and O–H groups in total. The van der Waals surface area contributed by atoms with E-state index in [2.05, 4.69) is 0 Å². The Labute approximate surface area is 119 Å². The first-order valence-electron chi connectivity index (χ1n) is 5.80. The number of nitro benzene ring substituents is 1. The molecule has 0 amide bonds. The molecule has 0 radical (unpaired) electrons. The minimum atomic E-state index is -0.525. The highest BCUT2D eigenvalue weighted by molar-refractivity contribution is 6.31. The molecule has 0 saturated heterocycles. The number of hydrogen-bond acceptors (Lipinski definition) is 3. The van der Waals surface area contributed by atoms with Crippen LogP contribution in [0.3, 0.4) is 0 Å². The lowest BCUT2D eigenvalue weighted by Gasteiger charge is -2.10. The topological polar surface area (TPSA) is 52.4 Å². The molecule has 20 heavy (non-hydrogen) atoms. The van der Waals surface area contributed by atoms with Gasteiger partial charge in [0.15, 0.2) is 0 Å². The van der Waals surface area contributed by atoms with Crippen LogP contribution < -0.4 is 4.74 Å². The van der Waals surface area contributed by atoms with E-state index in [0.717, 1.165) is 5.56 Å². The Morgan fingerprint density at radius 3 is 2.80 bits per heavy atom. The van der Waals surface area contributed by atoms with Crippen molar-refractivity contribution < 1.29 is 14.1 Å². The van der Waals surface area contributed by atoms with Crippen molar-refractivity contribution in [1.29, 1.82) is 0 Å². The Kier molecular flexibility index (Phi) is 4.20. The number of ether oxygens (including phenoxy) is 1. The minimum Gasteiger partial charge on any atom is -0.488 e. The van der Waals surface area contributed by atoms with E-state index in [9.17, 15) is 14.5 Å². The fourth-order valence-corrected chi connectivity index (χ4v) is 1.96. The van der Waals surface area contributed by atoms with Crippen molar-refractivity contribution in [1.82, 2.24) is 0 Å². The molecule has 0 aliphatic heterocycles. The molecule has 2 aromatic rings. The predicted octanol–water partition coefficient (Wildman–Crippen LogP) is 4.27. The molecule has 0 aliphatic rings. The van der Waals surface area contributed by atoms with E-state index in [4.69, 9.17) is 16.3 Å². The van der Waals surface area contributed by atoms with Crippen LogP contribution in [0.5, 0.6) is 5.75 Å². The van der Waals surface area contributed by atoms with E-state index in [0.29, 0.717) is 5.75 Å². The molecule has 0 fully saturated rings. The lowest BCUT2D eigenvalue weighted by Crippen LogP contribution is -2.02. The van der Waals surface area contributed by atoms with Crippen LogP contribution in [0.25, 0.3) is 0 Å². The number of rotatable bonds is 4. The summed E-state index contributed by atoms with van der Waals surface area (Å²) in [7, 11) is 0. The maximum Gasteiger partial charge on any atom is 0.277 e. The third-order valence-electron chi connectivity index (χ3n) is 2.81. The highest BCUT2D eigenvalue weighted by Gasteiger charge is 2.17. The molecule has 0 atom stereocenters. The zero-order chi connectivity index (χ0) is 14.7. The number of benzene rings is 2. The lowest BCUT2D eigenvalue weighted by molar-refractivity contribution is -0.385. The molecule has 4 nitrogen and oxygen atoms in total. The Morgan fingerprint density at radius 1 is 1.35 bits per heavy atom. The van der Waals surface area contributed by atoms with Crippen molar-refractivity contribution in [2.45, 2.75) is 13.5 Å². The molecule has 0 unspecified atom stereocenters. The van der Waals surface area contributed by atoms with Gasteiger partial charge in [0.1, 0.15) is 18.2 Å². The van der Waals surface area contributed by atoms with E-state index in [1.165, 1.54) is 24.3 Å². The normalized spacial score (nSPS) is 10.3.